The van der Waals surface area contributed by atoms with Gasteiger partial charge in [-0.1, -0.05) is 43.3 Å². The minimum absolute atomic E-state index is 0.0468. The number of hydrogen-bond acceptors (Lipinski definition) is 2. The Morgan fingerprint density at radius 2 is 1.81 bits per heavy atom. The molecule has 0 atom stereocenters. The molecule has 0 aliphatic carbocycles. The summed E-state index contributed by atoms with van der Waals surface area (Å²) in [5.74, 6) is 0.0468. The van der Waals surface area contributed by atoms with E-state index in [1.54, 1.807) is 0 Å². The lowest BCUT2D eigenvalue weighted by atomic mass is 10.1. The van der Waals surface area contributed by atoms with Crippen LogP contribution in [0.1, 0.15) is 34.8 Å². The van der Waals surface area contributed by atoms with E-state index in [1.807, 2.05) is 60.4 Å². The second-order valence-electron chi connectivity index (χ2n) is 5.23. The highest BCUT2D eigenvalue weighted by Crippen LogP contribution is 2.19. The molecule has 110 valence electrons. The molecule has 2 rings (SSSR count). The molecule has 0 unspecified atom stereocenters. The lowest BCUT2D eigenvalue weighted by molar-refractivity contribution is 0.0742. The minimum atomic E-state index is 0.0468. The highest BCUT2D eigenvalue weighted by Gasteiger charge is 2.18. The largest absolute Gasteiger partial charge is 0.398 e. The summed E-state index contributed by atoms with van der Waals surface area (Å²) in [5.41, 5.74) is 9.27. The summed E-state index contributed by atoms with van der Waals surface area (Å²) < 4.78 is 0. The highest BCUT2D eigenvalue weighted by atomic mass is 16.2. The molecule has 0 heterocycles. The second kappa shape index (κ2) is 6.93. The Hall–Kier alpha value is -2.29. The van der Waals surface area contributed by atoms with Gasteiger partial charge in [0.1, 0.15) is 0 Å². The third kappa shape index (κ3) is 3.63. The summed E-state index contributed by atoms with van der Waals surface area (Å²) in [6.45, 7) is 5.34. The van der Waals surface area contributed by atoms with Gasteiger partial charge >= 0.3 is 0 Å². The number of amides is 1. The van der Waals surface area contributed by atoms with Gasteiger partial charge in [-0.15, -0.1) is 0 Å². The molecule has 0 spiro atoms. The Morgan fingerprint density at radius 3 is 2.48 bits per heavy atom. The van der Waals surface area contributed by atoms with Gasteiger partial charge in [-0.2, -0.15) is 0 Å². The van der Waals surface area contributed by atoms with E-state index >= 15 is 0 Å². The molecule has 2 aromatic carbocycles. The molecule has 0 bridgehead atoms. The molecule has 0 aliphatic heterocycles. The van der Waals surface area contributed by atoms with E-state index in [4.69, 9.17) is 5.73 Å². The summed E-state index contributed by atoms with van der Waals surface area (Å²) in [4.78, 5) is 14.7. The maximum absolute atomic E-state index is 12.8. The fourth-order valence-corrected chi connectivity index (χ4v) is 2.38. The van der Waals surface area contributed by atoms with Crippen molar-refractivity contribution in [3.63, 3.8) is 0 Å². The molecule has 21 heavy (non-hydrogen) atoms. The van der Waals surface area contributed by atoms with Crippen LogP contribution in [0.3, 0.4) is 0 Å². The van der Waals surface area contributed by atoms with Crippen molar-refractivity contribution in [3.8, 4) is 0 Å². The fourth-order valence-electron chi connectivity index (χ4n) is 2.38. The smallest absolute Gasteiger partial charge is 0.254 e. The molecule has 1 amide bonds. The summed E-state index contributed by atoms with van der Waals surface area (Å²) in [7, 11) is 0. The van der Waals surface area contributed by atoms with Crippen molar-refractivity contribution < 1.29 is 4.79 Å². The average Bonchev–Trinajstić information content (AvgIpc) is 2.50. The first-order chi connectivity index (χ1) is 10.1. The zero-order valence-corrected chi connectivity index (χ0v) is 12.7. The van der Waals surface area contributed by atoms with Gasteiger partial charge in [0, 0.05) is 24.3 Å². The van der Waals surface area contributed by atoms with Crippen molar-refractivity contribution in [1.82, 2.24) is 4.90 Å². The zero-order chi connectivity index (χ0) is 15.2. The van der Waals surface area contributed by atoms with E-state index in [-0.39, 0.29) is 5.91 Å². The standard InChI is InChI=1S/C18H22N2O/c1-3-12-20(13-15-8-5-4-6-9-15)18(21)16-10-7-11-17(19)14(16)2/h4-11H,3,12-13,19H2,1-2H3. The third-order valence-electron chi connectivity index (χ3n) is 3.60. The Morgan fingerprint density at radius 1 is 1.10 bits per heavy atom. The fraction of sp³-hybridized carbons (Fsp3) is 0.278. The Labute approximate surface area is 126 Å². The Kier molecular flexibility index (Phi) is 4.99. The molecule has 0 aliphatic rings. The normalized spacial score (nSPS) is 10.4. The van der Waals surface area contributed by atoms with Gasteiger partial charge in [-0.25, -0.2) is 0 Å². The monoisotopic (exact) mass is 282 g/mol. The van der Waals surface area contributed by atoms with Gasteiger partial charge in [-0.05, 0) is 36.6 Å². The lowest BCUT2D eigenvalue weighted by Gasteiger charge is -2.23. The van der Waals surface area contributed by atoms with Crippen LogP contribution in [0, 0.1) is 6.92 Å². The predicted octanol–water partition coefficient (Wildman–Crippen LogP) is 3.63. The molecule has 2 N–H and O–H groups in total. The van der Waals surface area contributed by atoms with Gasteiger partial charge in [0.25, 0.3) is 5.91 Å². The zero-order valence-electron chi connectivity index (χ0n) is 12.7. The lowest BCUT2D eigenvalue weighted by Crippen LogP contribution is -2.31. The molecule has 0 radical (unpaired) electrons. The average molecular weight is 282 g/mol. The summed E-state index contributed by atoms with van der Waals surface area (Å²) in [5, 5.41) is 0. The van der Waals surface area contributed by atoms with E-state index in [0.29, 0.717) is 17.8 Å². The number of rotatable bonds is 5. The molecule has 2 aromatic rings. The van der Waals surface area contributed by atoms with Gasteiger partial charge in [0.15, 0.2) is 0 Å². The molecule has 0 saturated heterocycles. The highest BCUT2D eigenvalue weighted by molar-refractivity contribution is 5.96. The van der Waals surface area contributed by atoms with Crippen molar-refractivity contribution in [2.24, 2.45) is 0 Å². The van der Waals surface area contributed by atoms with Crippen LogP contribution in [0.15, 0.2) is 48.5 Å². The maximum atomic E-state index is 12.8. The molecule has 0 fully saturated rings. The van der Waals surface area contributed by atoms with Crippen LogP contribution in [0.5, 0.6) is 0 Å². The first-order valence-corrected chi connectivity index (χ1v) is 7.31. The van der Waals surface area contributed by atoms with Crippen molar-refractivity contribution >= 4 is 11.6 Å². The number of carbonyl (C=O) groups excluding carboxylic acids is 1. The summed E-state index contributed by atoms with van der Waals surface area (Å²) in [6, 6.07) is 15.6. The number of nitrogen functional groups attached to an aromatic ring is 1. The van der Waals surface area contributed by atoms with Crippen molar-refractivity contribution in [2.45, 2.75) is 26.8 Å². The second-order valence-corrected chi connectivity index (χ2v) is 5.23. The van der Waals surface area contributed by atoms with Crippen LogP contribution in [0.4, 0.5) is 5.69 Å². The Bertz CT molecular complexity index is 608. The molecule has 0 aromatic heterocycles. The van der Waals surface area contributed by atoms with Gasteiger partial charge < -0.3 is 10.6 Å². The predicted molar refractivity (Wildman–Crippen MR) is 87.1 cm³/mol. The van der Waals surface area contributed by atoms with Crippen LogP contribution in [0.2, 0.25) is 0 Å². The maximum Gasteiger partial charge on any atom is 0.254 e. The first kappa shape index (κ1) is 15.1. The number of hydrogen-bond donors (Lipinski definition) is 1. The summed E-state index contributed by atoms with van der Waals surface area (Å²) in [6.07, 6.45) is 0.930. The van der Waals surface area contributed by atoms with Crippen LogP contribution >= 0.6 is 0 Å². The molecule has 3 heteroatoms. The van der Waals surface area contributed by atoms with Crippen molar-refractivity contribution in [3.05, 3.63) is 65.2 Å². The number of anilines is 1. The molecular weight excluding hydrogens is 260 g/mol. The van der Waals surface area contributed by atoms with Crippen LogP contribution in [-0.4, -0.2) is 17.4 Å². The number of nitrogens with two attached hydrogens (primary N) is 1. The van der Waals surface area contributed by atoms with E-state index in [2.05, 4.69) is 6.92 Å². The van der Waals surface area contributed by atoms with E-state index in [9.17, 15) is 4.79 Å². The minimum Gasteiger partial charge on any atom is -0.398 e. The number of benzene rings is 2. The molecule has 3 nitrogen and oxygen atoms in total. The third-order valence-corrected chi connectivity index (χ3v) is 3.60. The van der Waals surface area contributed by atoms with Crippen LogP contribution in [-0.2, 0) is 6.54 Å². The van der Waals surface area contributed by atoms with Crippen molar-refractivity contribution in [1.29, 1.82) is 0 Å². The summed E-state index contributed by atoms with van der Waals surface area (Å²) >= 11 is 0. The first-order valence-electron chi connectivity index (χ1n) is 7.31. The van der Waals surface area contributed by atoms with Crippen molar-refractivity contribution in [2.75, 3.05) is 12.3 Å². The topological polar surface area (TPSA) is 46.3 Å². The van der Waals surface area contributed by atoms with E-state index in [0.717, 1.165) is 24.1 Å². The number of carbonyl (C=O) groups is 1. The van der Waals surface area contributed by atoms with E-state index in [1.165, 1.54) is 0 Å². The van der Waals surface area contributed by atoms with Crippen LogP contribution in [0.25, 0.3) is 0 Å². The SMILES string of the molecule is CCCN(Cc1ccccc1)C(=O)c1cccc(N)c1C. The molecule has 0 saturated carbocycles. The van der Waals surface area contributed by atoms with Gasteiger partial charge in [0.05, 0.1) is 0 Å². The van der Waals surface area contributed by atoms with Gasteiger partial charge in [-0.3, -0.25) is 4.79 Å². The quantitative estimate of drug-likeness (QED) is 0.851. The van der Waals surface area contributed by atoms with Crippen LogP contribution < -0.4 is 5.73 Å². The van der Waals surface area contributed by atoms with Gasteiger partial charge in [0.2, 0.25) is 0 Å². The number of nitrogens with zero attached hydrogens (tertiary/aromatic N) is 1. The van der Waals surface area contributed by atoms with E-state index < -0.39 is 0 Å². The Balaban J connectivity index is 2.25. The molecular formula is C18H22N2O.